The number of esters is 1. The predicted molar refractivity (Wildman–Crippen MR) is 68.5 cm³/mol. The summed E-state index contributed by atoms with van der Waals surface area (Å²) in [6, 6.07) is 5.42. The number of carbonyl (C=O) groups is 1. The highest BCUT2D eigenvalue weighted by molar-refractivity contribution is 5.70. The molecule has 1 rings (SSSR count). The number of aliphatic hydroxyl groups excluding tert-OH is 1. The van der Waals surface area contributed by atoms with Crippen LogP contribution in [0.15, 0.2) is 24.3 Å². The number of nitrogens with zero attached hydrogens (tertiary/aromatic N) is 1. The van der Waals surface area contributed by atoms with Crippen LogP contribution in [0.3, 0.4) is 0 Å². The van der Waals surface area contributed by atoms with Gasteiger partial charge in [0, 0.05) is 12.1 Å². The van der Waals surface area contributed by atoms with Crippen LogP contribution in [0.1, 0.15) is 38.9 Å². The van der Waals surface area contributed by atoms with Gasteiger partial charge < -0.3 is 9.84 Å². The second kappa shape index (κ2) is 5.79. The van der Waals surface area contributed by atoms with E-state index in [0.29, 0.717) is 5.56 Å². The molecule has 1 aromatic rings. The van der Waals surface area contributed by atoms with Crippen LogP contribution in [-0.2, 0) is 9.53 Å². The van der Waals surface area contributed by atoms with Crippen molar-refractivity contribution in [2.45, 2.75) is 38.9 Å². The average molecular weight is 267 g/mol. The van der Waals surface area contributed by atoms with Crippen LogP contribution >= 0.6 is 0 Å². The van der Waals surface area contributed by atoms with Crippen LogP contribution < -0.4 is 0 Å². The molecule has 0 fully saturated rings. The van der Waals surface area contributed by atoms with Gasteiger partial charge in [0.1, 0.15) is 5.60 Å². The van der Waals surface area contributed by atoms with Gasteiger partial charge in [0.2, 0.25) is 0 Å². The van der Waals surface area contributed by atoms with Crippen molar-refractivity contribution in [1.29, 1.82) is 0 Å². The van der Waals surface area contributed by atoms with E-state index in [4.69, 9.17) is 4.74 Å². The lowest BCUT2D eigenvalue weighted by Gasteiger charge is -2.20. The summed E-state index contributed by atoms with van der Waals surface area (Å²) in [6.07, 6.45) is -1.22. The molecule has 1 N–H and O–H groups in total. The van der Waals surface area contributed by atoms with E-state index in [9.17, 15) is 20.0 Å². The maximum atomic E-state index is 11.5. The number of nitro benzene ring substituents is 1. The summed E-state index contributed by atoms with van der Waals surface area (Å²) in [6.45, 7) is 5.22. The second-order valence-electron chi connectivity index (χ2n) is 5.16. The number of non-ortho nitro benzene ring substituents is 1. The Kier molecular flexibility index (Phi) is 4.61. The Morgan fingerprint density at radius 1 is 1.37 bits per heavy atom. The van der Waals surface area contributed by atoms with E-state index >= 15 is 0 Å². The standard InChI is InChI=1S/C13H17NO5/c1-13(2,3)19-12(16)8-11(15)9-4-6-10(7-5-9)14(17)18/h4-7,11,15H,8H2,1-3H3. The predicted octanol–water partition coefficient (Wildman–Crippen LogP) is 2.36. The van der Waals surface area contributed by atoms with Crippen molar-refractivity contribution in [3.8, 4) is 0 Å². The molecule has 104 valence electrons. The smallest absolute Gasteiger partial charge is 0.309 e. The summed E-state index contributed by atoms with van der Waals surface area (Å²) in [5.74, 6) is -0.515. The van der Waals surface area contributed by atoms with Gasteiger partial charge in [-0.2, -0.15) is 0 Å². The van der Waals surface area contributed by atoms with Crippen molar-refractivity contribution in [3.63, 3.8) is 0 Å². The largest absolute Gasteiger partial charge is 0.460 e. The minimum absolute atomic E-state index is 0.0618. The number of nitro groups is 1. The number of hydrogen-bond donors (Lipinski definition) is 1. The maximum absolute atomic E-state index is 11.5. The summed E-state index contributed by atoms with van der Waals surface area (Å²) < 4.78 is 5.08. The Hall–Kier alpha value is -1.95. The Morgan fingerprint density at radius 3 is 2.32 bits per heavy atom. The van der Waals surface area contributed by atoms with Crippen LogP contribution in [0.2, 0.25) is 0 Å². The number of rotatable bonds is 4. The third-order valence-electron chi connectivity index (χ3n) is 2.27. The minimum atomic E-state index is -1.03. The molecular formula is C13H17NO5. The first-order chi connectivity index (χ1) is 8.69. The van der Waals surface area contributed by atoms with Crippen LogP contribution in [0.5, 0.6) is 0 Å². The number of hydrogen-bond acceptors (Lipinski definition) is 5. The third kappa shape index (κ3) is 5.05. The molecule has 0 saturated carbocycles. The van der Waals surface area contributed by atoms with Crippen LogP contribution in [0.4, 0.5) is 5.69 Å². The Balaban J connectivity index is 2.65. The molecule has 6 heteroatoms. The molecule has 1 atom stereocenters. The van der Waals surface area contributed by atoms with Crippen molar-refractivity contribution < 1.29 is 19.6 Å². The molecule has 0 bridgehead atoms. The summed E-state index contributed by atoms with van der Waals surface area (Å²) in [7, 11) is 0. The van der Waals surface area contributed by atoms with Gasteiger partial charge in [-0.3, -0.25) is 14.9 Å². The Bertz CT molecular complexity index is 461. The zero-order valence-corrected chi connectivity index (χ0v) is 11.1. The van der Waals surface area contributed by atoms with Gasteiger partial charge in [-0.15, -0.1) is 0 Å². The van der Waals surface area contributed by atoms with E-state index in [1.54, 1.807) is 20.8 Å². The van der Waals surface area contributed by atoms with Gasteiger partial charge in [0.05, 0.1) is 17.4 Å². The first-order valence-corrected chi connectivity index (χ1v) is 5.83. The molecule has 19 heavy (non-hydrogen) atoms. The summed E-state index contributed by atoms with van der Waals surface area (Å²) in [4.78, 5) is 21.5. The van der Waals surface area contributed by atoms with Crippen molar-refractivity contribution in [1.82, 2.24) is 0 Å². The van der Waals surface area contributed by atoms with Gasteiger partial charge in [0.25, 0.3) is 5.69 Å². The van der Waals surface area contributed by atoms with Gasteiger partial charge >= 0.3 is 5.97 Å². The lowest BCUT2D eigenvalue weighted by Crippen LogP contribution is -2.24. The third-order valence-corrected chi connectivity index (χ3v) is 2.27. The summed E-state index contributed by atoms with van der Waals surface area (Å²) >= 11 is 0. The molecule has 0 aromatic heterocycles. The van der Waals surface area contributed by atoms with E-state index < -0.39 is 22.6 Å². The second-order valence-corrected chi connectivity index (χ2v) is 5.16. The zero-order valence-electron chi connectivity index (χ0n) is 11.1. The molecule has 0 radical (unpaired) electrons. The van der Waals surface area contributed by atoms with E-state index in [0.717, 1.165) is 0 Å². The molecule has 0 saturated heterocycles. The molecule has 0 aliphatic heterocycles. The Labute approximate surface area is 111 Å². The monoisotopic (exact) mass is 267 g/mol. The normalized spacial score (nSPS) is 12.8. The quantitative estimate of drug-likeness (QED) is 0.514. The first-order valence-electron chi connectivity index (χ1n) is 5.83. The molecule has 0 aliphatic rings. The number of aliphatic hydroxyl groups is 1. The fraction of sp³-hybridized carbons (Fsp3) is 0.462. The SMILES string of the molecule is CC(C)(C)OC(=O)CC(O)c1ccc([N+](=O)[O-])cc1. The molecule has 1 unspecified atom stereocenters. The van der Waals surface area contributed by atoms with Crippen LogP contribution in [0.25, 0.3) is 0 Å². The number of ether oxygens (including phenoxy) is 1. The topological polar surface area (TPSA) is 89.7 Å². The van der Waals surface area contributed by atoms with Gasteiger partial charge in [-0.25, -0.2) is 0 Å². The van der Waals surface area contributed by atoms with Gasteiger partial charge in [0.15, 0.2) is 0 Å². The number of benzene rings is 1. The fourth-order valence-corrected chi connectivity index (χ4v) is 1.48. The van der Waals surface area contributed by atoms with Crippen molar-refractivity contribution in [2.75, 3.05) is 0 Å². The van der Waals surface area contributed by atoms with Crippen molar-refractivity contribution in [2.24, 2.45) is 0 Å². The molecule has 0 spiro atoms. The molecule has 0 aliphatic carbocycles. The number of carbonyl (C=O) groups excluding carboxylic acids is 1. The van der Waals surface area contributed by atoms with E-state index in [1.165, 1.54) is 24.3 Å². The highest BCUT2D eigenvalue weighted by Crippen LogP contribution is 2.21. The highest BCUT2D eigenvalue weighted by Gasteiger charge is 2.20. The molecule has 0 amide bonds. The van der Waals surface area contributed by atoms with Crippen molar-refractivity contribution in [3.05, 3.63) is 39.9 Å². The van der Waals surface area contributed by atoms with E-state index in [-0.39, 0.29) is 12.1 Å². The lowest BCUT2D eigenvalue weighted by atomic mass is 10.1. The van der Waals surface area contributed by atoms with Crippen LogP contribution in [-0.4, -0.2) is 21.6 Å². The molecule has 1 aromatic carbocycles. The van der Waals surface area contributed by atoms with Crippen molar-refractivity contribution >= 4 is 11.7 Å². The first kappa shape index (κ1) is 15.1. The van der Waals surface area contributed by atoms with Gasteiger partial charge in [-0.1, -0.05) is 0 Å². The van der Waals surface area contributed by atoms with E-state index in [1.807, 2.05) is 0 Å². The average Bonchev–Trinajstić information content (AvgIpc) is 2.26. The van der Waals surface area contributed by atoms with Gasteiger partial charge in [-0.05, 0) is 38.5 Å². The maximum Gasteiger partial charge on any atom is 0.309 e. The van der Waals surface area contributed by atoms with Crippen LogP contribution in [0, 0.1) is 10.1 Å². The van der Waals surface area contributed by atoms with E-state index in [2.05, 4.69) is 0 Å². The molecule has 6 nitrogen and oxygen atoms in total. The Morgan fingerprint density at radius 2 is 1.89 bits per heavy atom. The molecular weight excluding hydrogens is 250 g/mol. The molecule has 0 heterocycles. The zero-order chi connectivity index (χ0) is 14.6. The highest BCUT2D eigenvalue weighted by atomic mass is 16.6. The lowest BCUT2D eigenvalue weighted by molar-refractivity contribution is -0.384. The summed E-state index contributed by atoms with van der Waals surface area (Å²) in [5.41, 5.74) is -0.226. The summed E-state index contributed by atoms with van der Waals surface area (Å²) in [5, 5.41) is 20.3. The fourth-order valence-electron chi connectivity index (χ4n) is 1.48. The minimum Gasteiger partial charge on any atom is -0.460 e.